The maximum absolute atomic E-state index is 11.7. The summed E-state index contributed by atoms with van der Waals surface area (Å²) in [6.45, 7) is 1.85. The number of hydrogen-bond donors (Lipinski definition) is 1. The van der Waals surface area contributed by atoms with E-state index in [0.717, 1.165) is 0 Å². The molecule has 0 aliphatic heterocycles. The van der Waals surface area contributed by atoms with Gasteiger partial charge in [0.1, 0.15) is 0 Å². The second-order valence-corrected chi connectivity index (χ2v) is 1.94. The number of rotatable bonds is 0. The molecule has 0 bridgehead atoms. The minimum atomic E-state index is -4.67. The first-order valence-electron chi connectivity index (χ1n) is 2.54. The van der Waals surface area contributed by atoms with E-state index in [0.29, 0.717) is 6.92 Å². The lowest BCUT2D eigenvalue weighted by molar-refractivity contribution is -0.228. The summed E-state index contributed by atoms with van der Waals surface area (Å²) >= 11 is 0. The standard InChI is InChI=1S/C6H7F3O/c1-3-4-5(2,10)6(7,8)9/h10H,1-2H3. The molecule has 0 aliphatic carbocycles. The maximum atomic E-state index is 11.7. The Morgan fingerprint density at radius 3 is 1.80 bits per heavy atom. The molecule has 0 aromatic carbocycles. The van der Waals surface area contributed by atoms with Crippen LogP contribution in [-0.2, 0) is 0 Å². The summed E-state index contributed by atoms with van der Waals surface area (Å²) < 4.78 is 35.0. The molecule has 0 aliphatic rings. The van der Waals surface area contributed by atoms with Gasteiger partial charge in [0.25, 0.3) is 0 Å². The minimum absolute atomic E-state index is 0.615. The summed E-state index contributed by atoms with van der Waals surface area (Å²) in [6, 6.07) is 0. The smallest absolute Gasteiger partial charge is 0.370 e. The molecule has 0 saturated carbocycles. The predicted octanol–water partition coefficient (Wildman–Crippen LogP) is 1.32. The van der Waals surface area contributed by atoms with E-state index >= 15 is 0 Å². The zero-order valence-electron chi connectivity index (χ0n) is 5.58. The van der Waals surface area contributed by atoms with Gasteiger partial charge in [-0.1, -0.05) is 5.92 Å². The van der Waals surface area contributed by atoms with Gasteiger partial charge in [-0.15, -0.1) is 5.92 Å². The molecule has 58 valence electrons. The fraction of sp³-hybridized carbons (Fsp3) is 0.667. The molecular weight excluding hydrogens is 145 g/mol. The van der Waals surface area contributed by atoms with Gasteiger partial charge in [-0.25, -0.2) is 0 Å². The Labute approximate surface area is 56.9 Å². The largest absolute Gasteiger partial charge is 0.428 e. The van der Waals surface area contributed by atoms with Crippen LogP contribution in [0.15, 0.2) is 0 Å². The third-order valence-electron chi connectivity index (χ3n) is 0.920. The molecule has 0 aromatic rings. The van der Waals surface area contributed by atoms with Crippen molar-refractivity contribution >= 4 is 0 Å². The Morgan fingerprint density at radius 1 is 1.30 bits per heavy atom. The van der Waals surface area contributed by atoms with Crippen LogP contribution in [-0.4, -0.2) is 16.9 Å². The van der Waals surface area contributed by atoms with Crippen LogP contribution in [0.1, 0.15) is 13.8 Å². The summed E-state index contributed by atoms with van der Waals surface area (Å²) in [4.78, 5) is 0. The molecule has 4 heteroatoms. The van der Waals surface area contributed by atoms with Crippen LogP contribution in [0.3, 0.4) is 0 Å². The first-order chi connectivity index (χ1) is 4.31. The Balaban J connectivity index is 4.51. The highest BCUT2D eigenvalue weighted by Gasteiger charge is 2.48. The molecular formula is C6H7F3O. The van der Waals surface area contributed by atoms with Crippen LogP contribution in [0.5, 0.6) is 0 Å². The van der Waals surface area contributed by atoms with Crippen LogP contribution >= 0.6 is 0 Å². The van der Waals surface area contributed by atoms with Gasteiger partial charge in [-0.2, -0.15) is 13.2 Å². The van der Waals surface area contributed by atoms with Crippen molar-refractivity contribution in [2.75, 3.05) is 0 Å². The average molecular weight is 152 g/mol. The zero-order valence-corrected chi connectivity index (χ0v) is 5.58. The van der Waals surface area contributed by atoms with Crippen molar-refractivity contribution in [3.05, 3.63) is 0 Å². The van der Waals surface area contributed by atoms with Crippen molar-refractivity contribution in [2.24, 2.45) is 0 Å². The molecule has 1 nitrogen and oxygen atoms in total. The third-order valence-corrected chi connectivity index (χ3v) is 0.920. The van der Waals surface area contributed by atoms with E-state index < -0.39 is 11.8 Å². The van der Waals surface area contributed by atoms with Crippen LogP contribution < -0.4 is 0 Å². The van der Waals surface area contributed by atoms with Crippen molar-refractivity contribution in [1.29, 1.82) is 0 Å². The van der Waals surface area contributed by atoms with Gasteiger partial charge >= 0.3 is 6.18 Å². The molecule has 10 heavy (non-hydrogen) atoms. The lowest BCUT2D eigenvalue weighted by atomic mass is 10.1. The van der Waals surface area contributed by atoms with Gasteiger partial charge in [0.05, 0.1) is 0 Å². The van der Waals surface area contributed by atoms with Crippen LogP contribution in [0.4, 0.5) is 13.2 Å². The minimum Gasteiger partial charge on any atom is -0.370 e. The molecule has 0 saturated heterocycles. The number of halogens is 3. The highest BCUT2D eigenvalue weighted by atomic mass is 19.4. The van der Waals surface area contributed by atoms with Crippen molar-refractivity contribution in [3.8, 4) is 11.8 Å². The van der Waals surface area contributed by atoms with Gasteiger partial charge in [-0.3, -0.25) is 0 Å². The summed E-state index contributed by atoms with van der Waals surface area (Å²) in [5.74, 6) is 3.64. The third kappa shape index (κ3) is 1.92. The normalized spacial score (nSPS) is 17.0. The van der Waals surface area contributed by atoms with Gasteiger partial charge in [0.2, 0.25) is 5.60 Å². The Bertz CT molecular complexity index is 170. The topological polar surface area (TPSA) is 20.2 Å². The van der Waals surface area contributed by atoms with E-state index in [-0.39, 0.29) is 0 Å². The molecule has 1 atom stereocenters. The van der Waals surface area contributed by atoms with Gasteiger partial charge in [-0.05, 0) is 13.8 Å². The molecule has 0 amide bonds. The van der Waals surface area contributed by atoms with Crippen molar-refractivity contribution in [3.63, 3.8) is 0 Å². The summed E-state index contributed by atoms with van der Waals surface area (Å²) in [5.41, 5.74) is -2.87. The highest BCUT2D eigenvalue weighted by molar-refractivity contribution is 5.13. The summed E-state index contributed by atoms with van der Waals surface area (Å²) in [7, 11) is 0. The predicted molar refractivity (Wildman–Crippen MR) is 30.1 cm³/mol. The zero-order chi connectivity index (χ0) is 8.41. The molecule has 1 N–H and O–H groups in total. The SMILES string of the molecule is CC#CC(C)(O)C(F)(F)F. The van der Waals surface area contributed by atoms with E-state index in [2.05, 4.69) is 0 Å². The second-order valence-electron chi connectivity index (χ2n) is 1.94. The van der Waals surface area contributed by atoms with Crippen LogP contribution in [0.25, 0.3) is 0 Å². The average Bonchev–Trinajstić information content (AvgIpc) is 1.61. The first-order valence-corrected chi connectivity index (χ1v) is 2.54. The second kappa shape index (κ2) is 2.51. The molecule has 0 radical (unpaired) electrons. The van der Waals surface area contributed by atoms with E-state index in [4.69, 9.17) is 5.11 Å². The lowest BCUT2D eigenvalue weighted by Gasteiger charge is -2.19. The van der Waals surface area contributed by atoms with Crippen LogP contribution in [0.2, 0.25) is 0 Å². The Kier molecular flexibility index (Phi) is 2.33. The maximum Gasteiger partial charge on any atom is 0.428 e. The quantitative estimate of drug-likeness (QED) is 0.519. The number of alkyl halides is 3. The summed E-state index contributed by atoms with van der Waals surface area (Å²) in [5, 5.41) is 8.55. The summed E-state index contributed by atoms with van der Waals surface area (Å²) in [6.07, 6.45) is -4.67. The van der Waals surface area contributed by atoms with E-state index in [1.807, 2.05) is 5.92 Å². The van der Waals surface area contributed by atoms with E-state index in [9.17, 15) is 13.2 Å². The monoisotopic (exact) mass is 152 g/mol. The molecule has 0 heterocycles. The molecule has 0 aromatic heterocycles. The van der Waals surface area contributed by atoms with Crippen molar-refractivity contribution < 1.29 is 18.3 Å². The fourth-order valence-corrected chi connectivity index (χ4v) is 0.314. The first kappa shape index (κ1) is 9.31. The van der Waals surface area contributed by atoms with Gasteiger partial charge in [0, 0.05) is 0 Å². The number of aliphatic hydroxyl groups is 1. The van der Waals surface area contributed by atoms with Crippen molar-refractivity contribution in [1.82, 2.24) is 0 Å². The number of hydrogen-bond acceptors (Lipinski definition) is 1. The van der Waals surface area contributed by atoms with Crippen molar-refractivity contribution in [2.45, 2.75) is 25.6 Å². The van der Waals surface area contributed by atoms with Gasteiger partial charge in [0.15, 0.2) is 0 Å². The Morgan fingerprint density at radius 2 is 1.70 bits per heavy atom. The fourth-order valence-electron chi connectivity index (χ4n) is 0.314. The lowest BCUT2D eigenvalue weighted by Crippen LogP contribution is -2.40. The molecule has 0 rings (SSSR count). The van der Waals surface area contributed by atoms with E-state index in [1.54, 1.807) is 5.92 Å². The molecule has 0 spiro atoms. The molecule has 0 fully saturated rings. The highest BCUT2D eigenvalue weighted by Crippen LogP contribution is 2.28. The van der Waals surface area contributed by atoms with E-state index in [1.165, 1.54) is 6.92 Å². The Hall–Kier alpha value is -0.690. The molecule has 1 unspecified atom stereocenters. The van der Waals surface area contributed by atoms with Gasteiger partial charge < -0.3 is 5.11 Å². The van der Waals surface area contributed by atoms with Crippen LogP contribution in [0, 0.1) is 11.8 Å².